The minimum absolute atomic E-state index is 0.236. The topological polar surface area (TPSA) is 69.2 Å². The highest BCUT2D eigenvalue weighted by atomic mass is 19.4. The van der Waals surface area contributed by atoms with E-state index in [-0.39, 0.29) is 5.82 Å². The van der Waals surface area contributed by atoms with Crippen LogP contribution < -0.4 is 14.8 Å². The molecule has 2 aromatic heterocycles. The predicted molar refractivity (Wildman–Crippen MR) is 93.1 cm³/mol. The van der Waals surface area contributed by atoms with Crippen LogP contribution in [0, 0.1) is 0 Å². The van der Waals surface area contributed by atoms with Crippen LogP contribution in [-0.4, -0.2) is 29.2 Å². The number of aromatic nitrogens is 3. The Labute approximate surface area is 153 Å². The maximum absolute atomic E-state index is 12.6. The molecule has 6 nitrogen and oxygen atoms in total. The number of hydrogen-bond donors (Lipinski definition) is 1. The maximum atomic E-state index is 12.6. The number of anilines is 2. The first-order valence-electron chi connectivity index (χ1n) is 7.75. The van der Waals surface area contributed by atoms with Crippen LogP contribution in [0.1, 0.15) is 5.56 Å². The predicted octanol–water partition coefficient (Wildman–Crippen LogP) is 4.32. The van der Waals surface area contributed by atoms with Crippen molar-refractivity contribution in [3.63, 3.8) is 0 Å². The minimum atomic E-state index is -4.43. The lowest BCUT2D eigenvalue weighted by Crippen LogP contribution is -2.06. The van der Waals surface area contributed by atoms with Gasteiger partial charge in [-0.2, -0.15) is 13.2 Å². The fourth-order valence-corrected chi connectivity index (χ4v) is 2.35. The van der Waals surface area contributed by atoms with Gasteiger partial charge in [0.05, 0.1) is 25.5 Å². The van der Waals surface area contributed by atoms with E-state index in [2.05, 4.69) is 20.3 Å². The van der Waals surface area contributed by atoms with Crippen molar-refractivity contribution in [1.29, 1.82) is 0 Å². The van der Waals surface area contributed by atoms with Crippen LogP contribution in [0.4, 0.5) is 24.8 Å². The average Bonchev–Trinajstić information content (AvgIpc) is 2.67. The molecule has 0 bridgehead atoms. The van der Waals surface area contributed by atoms with Gasteiger partial charge in [0.2, 0.25) is 0 Å². The normalized spacial score (nSPS) is 11.1. The third kappa shape index (κ3) is 4.25. The Hall–Kier alpha value is -3.36. The highest BCUT2D eigenvalue weighted by Crippen LogP contribution is 2.32. The second-order valence-electron chi connectivity index (χ2n) is 5.41. The molecule has 0 amide bonds. The Kier molecular flexibility index (Phi) is 5.11. The molecule has 0 aliphatic carbocycles. The molecule has 9 heteroatoms. The first-order chi connectivity index (χ1) is 12.9. The van der Waals surface area contributed by atoms with E-state index in [0.29, 0.717) is 23.0 Å². The molecule has 0 saturated heterocycles. The molecule has 0 fully saturated rings. The molecule has 0 aliphatic rings. The van der Waals surface area contributed by atoms with E-state index >= 15 is 0 Å². The fourth-order valence-electron chi connectivity index (χ4n) is 2.35. The van der Waals surface area contributed by atoms with Crippen molar-refractivity contribution in [2.24, 2.45) is 0 Å². The molecule has 3 rings (SSSR count). The zero-order chi connectivity index (χ0) is 19.4. The first kappa shape index (κ1) is 18.4. The zero-order valence-electron chi connectivity index (χ0n) is 14.4. The minimum Gasteiger partial charge on any atom is -0.493 e. The molecular formula is C18H15F3N4O2. The van der Waals surface area contributed by atoms with Gasteiger partial charge in [0, 0.05) is 17.8 Å². The fraction of sp³-hybridized carbons (Fsp3) is 0.167. The number of benzene rings is 1. The molecule has 27 heavy (non-hydrogen) atoms. The van der Waals surface area contributed by atoms with Gasteiger partial charge in [0.15, 0.2) is 11.5 Å². The zero-order valence-corrected chi connectivity index (χ0v) is 14.4. The molecule has 1 N–H and O–H groups in total. The van der Waals surface area contributed by atoms with Crippen LogP contribution in [0.25, 0.3) is 11.3 Å². The third-order valence-electron chi connectivity index (χ3n) is 3.69. The van der Waals surface area contributed by atoms with Crippen molar-refractivity contribution in [3.05, 3.63) is 54.5 Å². The Morgan fingerprint density at radius 2 is 1.63 bits per heavy atom. The average molecular weight is 376 g/mol. The standard InChI is InChI=1S/C18H15F3N4O2/c1-26-14-5-3-11(7-15(14)27-2)13-8-17(24-10-23-13)25-16-6-4-12(9-22-16)18(19,20)21/h3-10H,1-2H3,(H,22,23,24,25). The van der Waals surface area contributed by atoms with Crippen LogP contribution >= 0.6 is 0 Å². The summed E-state index contributed by atoms with van der Waals surface area (Å²) in [5.41, 5.74) is 0.542. The Balaban J connectivity index is 1.84. The van der Waals surface area contributed by atoms with E-state index in [1.165, 1.54) is 19.5 Å². The van der Waals surface area contributed by atoms with Gasteiger partial charge in [0.25, 0.3) is 0 Å². The molecular weight excluding hydrogens is 361 g/mol. The molecule has 0 atom stereocenters. The van der Waals surface area contributed by atoms with Crippen LogP contribution in [0.5, 0.6) is 11.5 Å². The van der Waals surface area contributed by atoms with Crippen LogP contribution in [0.15, 0.2) is 48.9 Å². The Morgan fingerprint density at radius 1 is 0.852 bits per heavy atom. The second kappa shape index (κ2) is 7.48. The highest BCUT2D eigenvalue weighted by molar-refractivity contribution is 5.67. The number of nitrogens with zero attached hydrogens (tertiary/aromatic N) is 3. The summed E-state index contributed by atoms with van der Waals surface area (Å²) in [4.78, 5) is 12.0. The van der Waals surface area contributed by atoms with Gasteiger partial charge >= 0.3 is 6.18 Å². The summed E-state index contributed by atoms with van der Waals surface area (Å²) in [6.45, 7) is 0. The van der Waals surface area contributed by atoms with Gasteiger partial charge in [0.1, 0.15) is 18.0 Å². The summed E-state index contributed by atoms with van der Waals surface area (Å²) < 4.78 is 48.3. The molecule has 0 aliphatic heterocycles. The molecule has 3 aromatic rings. The van der Waals surface area contributed by atoms with E-state index in [0.717, 1.165) is 17.8 Å². The molecule has 0 saturated carbocycles. The molecule has 140 valence electrons. The van der Waals surface area contributed by atoms with Gasteiger partial charge in [-0.25, -0.2) is 15.0 Å². The summed E-state index contributed by atoms with van der Waals surface area (Å²) >= 11 is 0. The quantitative estimate of drug-likeness (QED) is 0.715. The first-order valence-corrected chi connectivity index (χ1v) is 7.75. The smallest absolute Gasteiger partial charge is 0.417 e. The van der Waals surface area contributed by atoms with E-state index in [4.69, 9.17) is 9.47 Å². The molecule has 0 spiro atoms. The summed E-state index contributed by atoms with van der Waals surface area (Å²) in [5, 5.41) is 2.86. The van der Waals surface area contributed by atoms with Crippen LogP contribution in [0.2, 0.25) is 0 Å². The van der Waals surface area contributed by atoms with Crippen molar-refractivity contribution < 1.29 is 22.6 Å². The van der Waals surface area contributed by atoms with Crippen molar-refractivity contribution in [1.82, 2.24) is 15.0 Å². The Bertz CT molecular complexity index is 931. The van der Waals surface area contributed by atoms with Crippen LogP contribution in [-0.2, 0) is 6.18 Å². The largest absolute Gasteiger partial charge is 0.493 e. The summed E-state index contributed by atoms with van der Waals surface area (Å²) in [6, 6.07) is 9.17. The van der Waals surface area contributed by atoms with E-state index in [1.807, 2.05) is 6.07 Å². The number of halogens is 3. The number of ether oxygens (including phenoxy) is 2. The molecule has 0 unspecified atom stereocenters. The van der Waals surface area contributed by atoms with Crippen molar-refractivity contribution in [2.75, 3.05) is 19.5 Å². The van der Waals surface area contributed by atoms with E-state index in [9.17, 15) is 13.2 Å². The number of pyridine rings is 1. The maximum Gasteiger partial charge on any atom is 0.417 e. The van der Waals surface area contributed by atoms with Crippen molar-refractivity contribution in [3.8, 4) is 22.8 Å². The lowest BCUT2D eigenvalue weighted by atomic mass is 10.1. The van der Waals surface area contributed by atoms with Crippen LogP contribution in [0.3, 0.4) is 0 Å². The second-order valence-corrected chi connectivity index (χ2v) is 5.41. The SMILES string of the molecule is COc1ccc(-c2cc(Nc3ccc(C(F)(F)F)cn3)ncn2)cc1OC. The monoisotopic (exact) mass is 376 g/mol. The molecule has 0 radical (unpaired) electrons. The van der Waals surface area contributed by atoms with Gasteiger partial charge < -0.3 is 14.8 Å². The van der Waals surface area contributed by atoms with Gasteiger partial charge in [-0.15, -0.1) is 0 Å². The number of alkyl halides is 3. The van der Waals surface area contributed by atoms with E-state index < -0.39 is 11.7 Å². The van der Waals surface area contributed by atoms with Crippen molar-refractivity contribution in [2.45, 2.75) is 6.18 Å². The lowest BCUT2D eigenvalue weighted by Gasteiger charge is -2.11. The van der Waals surface area contributed by atoms with Gasteiger partial charge in [-0.05, 0) is 30.3 Å². The van der Waals surface area contributed by atoms with E-state index in [1.54, 1.807) is 25.3 Å². The summed E-state index contributed by atoms with van der Waals surface area (Å²) in [6.07, 6.45) is -2.32. The summed E-state index contributed by atoms with van der Waals surface area (Å²) in [5.74, 6) is 1.76. The van der Waals surface area contributed by atoms with Crippen molar-refractivity contribution >= 4 is 11.6 Å². The Morgan fingerprint density at radius 3 is 2.26 bits per heavy atom. The summed E-state index contributed by atoms with van der Waals surface area (Å²) in [7, 11) is 3.08. The molecule has 2 heterocycles. The van der Waals surface area contributed by atoms with Gasteiger partial charge in [-0.3, -0.25) is 0 Å². The van der Waals surface area contributed by atoms with Gasteiger partial charge in [-0.1, -0.05) is 0 Å². The lowest BCUT2D eigenvalue weighted by molar-refractivity contribution is -0.137. The number of rotatable bonds is 5. The number of methoxy groups -OCH3 is 2. The molecule has 1 aromatic carbocycles. The third-order valence-corrected chi connectivity index (χ3v) is 3.69. The highest BCUT2D eigenvalue weighted by Gasteiger charge is 2.30. The number of hydrogen-bond acceptors (Lipinski definition) is 6. The number of nitrogens with one attached hydrogen (secondary N) is 1.